The van der Waals surface area contributed by atoms with Crippen molar-refractivity contribution in [3.05, 3.63) is 0 Å². The monoisotopic (exact) mass is 640 g/mol. The summed E-state index contributed by atoms with van der Waals surface area (Å²) in [6, 6.07) is 3.61. The fourth-order valence-corrected chi connectivity index (χ4v) is 28.7. The summed E-state index contributed by atoms with van der Waals surface area (Å²) in [7, 11) is -10.4. The minimum atomic E-state index is -2.59. The van der Waals surface area contributed by atoms with E-state index < -0.39 is 34.2 Å². The second-order valence-corrected chi connectivity index (χ2v) is 25.8. The van der Waals surface area contributed by atoms with Gasteiger partial charge in [-0.05, 0) is 102 Å². The van der Waals surface area contributed by atoms with Gasteiger partial charge in [0.1, 0.15) is 0 Å². The molecule has 16 heteroatoms. The van der Waals surface area contributed by atoms with E-state index in [4.69, 9.17) is 39.4 Å². The predicted molar refractivity (Wildman–Crippen MR) is 176 cm³/mol. The Labute approximate surface area is 249 Å². The van der Waals surface area contributed by atoms with E-state index >= 15 is 0 Å². The lowest BCUT2D eigenvalue weighted by atomic mass is 10.5. The van der Waals surface area contributed by atoms with Crippen LogP contribution in [0.15, 0.2) is 0 Å². The first-order valence-corrected chi connectivity index (χ1v) is 25.6. The van der Waals surface area contributed by atoms with Crippen LogP contribution in [0.5, 0.6) is 0 Å². The van der Waals surface area contributed by atoms with Crippen LogP contribution in [0.3, 0.4) is 0 Å². The molecule has 12 nitrogen and oxygen atoms in total. The topological polar surface area (TPSA) is 189 Å². The van der Waals surface area contributed by atoms with Gasteiger partial charge in [-0.2, -0.15) is 0 Å². The van der Waals surface area contributed by atoms with Gasteiger partial charge in [-0.1, -0.05) is 0 Å². The highest BCUT2D eigenvalue weighted by atomic mass is 28.5. The zero-order valence-corrected chi connectivity index (χ0v) is 30.1. The molecule has 0 amide bonds. The first-order chi connectivity index (χ1) is 19.1. The molecular weight excluding hydrogens is 577 g/mol. The smallest absolute Gasteiger partial charge is 0.317 e. The van der Waals surface area contributed by atoms with Crippen LogP contribution >= 0.6 is 0 Å². The summed E-state index contributed by atoms with van der Waals surface area (Å²) < 4.78 is 28.9. The van der Waals surface area contributed by atoms with Gasteiger partial charge in [0.05, 0.1) is 0 Å². The largest absolute Gasteiger partial charge is 0.416 e. The fraction of sp³-hybridized carbons (Fsp3) is 1.00. The quantitative estimate of drug-likeness (QED) is 0.0526. The Hall–Kier alpha value is 0.388. The van der Waals surface area contributed by atoms with Crippen molar-refractivity contribution in [2.45, 2.75) is 76.0 Å². The maximum absolute atomic E-state index is 7.21. The summed E-state index contributed by atoms with van der Waals surface area (Å²) in [5.41, 5.74) is 22.7. The van der Waals surface area contributed by atoms with Crippen LogP contribution in [-0.4, -0.2) is 113 Å². The van der Waals surface area contributed by atoms with E-state index in [1.165, 1.54) is 0 Å². The highest BCUT2D eigenvalue weighted by Gasteiger charge is 2.56. The standard InChI is InChI=1S/C24H64N8O4Si4/c1-37(21-5-13-29-17-9-25)33-38(2,22-6-14-30-18-10-26)35-40(4,24-8-16-32-20-12-28)36-39(3,34-37)23-7-15-31-19-11-27/h29-32H,5-28H2,1-4H3. The Kier molecular flexibility index (Phi) is 20.3. The number of nitrogens with two attached hydrogens (primary N) is 4. The molecule has 1 rings (SSSR count). The SMILES string of the molecule is C[Si]1(CCCNCCN)O[Si](C)(CCCNCCN)O[Si](C)(CCCNCCN)O[Si](C)(CCCNCCN)O1. The molecule has 0 aromatic carbocycles. The van der Waals surface area contributed by atoms with E-state index in [9.17, 15) is 0 Å². The Morgan fingerprint density at radius 3 is 0.750 bits per heavy atom. The second kappa shape index (κ2) is 21.1. The van der Waals surface area contributed by atoms with E-state index in [0.29, 0.717) is 26.2 Å². The molecule has 0 unspecified atom stereocenters. The average Bonchev–Trinajstić information content (AvgIpc) is 2.87. The van der Waals surface area contributed by atoms with Gasteiger partial charge in [0.25, 0.3) is 0 Å². The van der Waals surface area contributed by atoms with Crippen LogP contribution in [0.25, 0.3) is 0 Å². The maximum Gasteiger partial charge on any atom is 0.317 e. The van der Waals surface area contributed by atoms with Crippen LogP contribution < -0.4 is 44.2 Å². The summed E-state index contributed by atoms with van der Waals surface area (Å²) in [5.74, 6) is 0. The van der Waals surface area contributed by atoms with Crippen LogP contribution in [0.4, 0.5) is 0 Å². The average molecular weight is 641 g/mol. The third-order valence-electron chi connectivity index (χ3n) is 6.95. The molecule has 240 valence electrons. The third-order valence-corrected chi connectivity index (χ3v) is 25.8. The Bertz CT molecular complexity index is 536. The fourth-order valence-electron chi connectivity index (χ4n) is 5.36. The summed E-state index contributed by atoms with van der Waals surface area (Å²) >= 11 is 0. The van der Waals surface area contributed by atoms with Gasteiger partial charge in [-0.15, -0.1) is 0 Å². The maximum atomic E-state index is 7.21. The zero-order chi connectivity index (χ0) is 29.8. The lowest BCUT2D eigenvalue weighted by molar-refractivity contribution is 0.220. The summed E-state index contributed by atoms with van der Waals surface area (Å²) in [4.78, 5) is 0. The van der Waals surface area contributed by atoms with Gasteiger partial charge in [-0.25, -0.2) is 0 Å². The summed E-state index contributed by atoms with van der Waals surface area (Å²) in [5, 5.41) is 13.7. The first kappa shape index (κ1) is 38.4. The van der Waals surface area contributed by atoms with Crippen molar-refractivity contribution >= 4 is 34.2 Å². The van der Waals surface area contributed by atoms with Gasteiger partial charge in [-0.3, -0.25) is 0 Å². The van der Waals surface area contributed by atoms with Gasteiger partial charge in [0.2, 0.25) is 0 Å². The van der Waals surface area contributed by atoms with Crippen molar-refractivity contribution in [3.8, 4) is 0 Å². The van der Waals surface area contributed by atoms with Crippen molar-refractivity contribution < 1.29 is 16.5 Å². The molecular formula is C24H64N8O4Si4. The molecule has 0 bridgehead atoms. The van der Waals surface area contributed by atoms with Crippen LogP contribution in [0.1, 0.15) is 25.7 Å². The molecule has 12 N–H and O–H groups in total. The minimum Gasteiger partial charge on any atom is -0.416 e. The highest BCUT2D eigenvalue weighted by Crippen LogP contribution is 2.38. The highest BCUT2D eigenvalue weighted by molar-refractivity contribution is 6.93. The summed E-state index contributed by atoms with van der Waals surface area (Å²) in [6.45, 7) is 18.4. The normalized spacial score (nSPS) is 29.4. The van der Waals surface area contributed by atoms with Gasteiger partial charge >= 0.3 is 34.2 Å². The molecule has 1 saturated heterocycles. The molecule has 0 saturated carbocycles. The Balaban J connectivity index is 3.15. The van der Waals surface area contributed by atoms with Crippen LogP contribution in [-0.2, 0) is 16.5 Å². The van der Waals surface area contributed by atoms with Crippen molar-refractivity contribution in [2.75, 3.05) is 78.5 Å². The van der Waals surface area contributed by atoms with Crippen molar-refractivity contribution in [1.29, 1.82) is 0 Å². The molecule has 40 heavy (non-hydrogen) atoms. The molecule has 1 heterocycles. The van der Waals surface area contributed by atoms with Crippen LogP contribution in [0.2, 0.25) is 50.4 Å². The number of nitrogens with one attached hydrogen (secondary N) is 4. The van der Waals surface area contributed by atoms with E-state index in [2.05, 4.69) is 47.5 Å². The van der Waals surface area contributed by atoms with Crippen molar-refractivity contribution in [1.82, 2.24) is 21.3 Å². The molecule has 0 aromatic heterocycles. The van der Waals surface area contributed by atoms with E-state index in [1.54, 1.807) is 0 Å². The lowest BCUT2D eigenvalue weighted by Gasteiger charge is -2.50. The van der Waals surface area contributed by atoms with Gasteiger partial charge < -0.3 is 60.7 Å². The summed E-state index contributed by atoms with van der Waals surface area (Å²) in [6.07, 6.45) is 3.93. The molecule has 1 fully saturated rings. The molecule has 0 aromatic rings. The first-order valence-electron chi connectivity index (χ1n) is 15.5. The van der Waals surface area contributed by atoms with Gasteiger partial charge in [0, 0.05) is 52.4 Å². The van der Waals surface area contributed by atoms with Crippen molar-refractivity contribution in [2.24, 2.45) is 22.9 Å². The molecule has 0 radical (unpaired) electrons. The van der Waals surface area contributed by atoms with E-state index in [-0.39, 0.29) is 0 Å². The minimum absolute atomic E-state index is 0.640. The van der Waals surface area contributed by atoms with Crippen LogP contribution in [0, 0.1) is 0 Å². The Morgan fingerprint density at radius 2 is 0.575 bits per heavy atom. The zero-order valence-electron chi connectivity index (χ0n) is 26.1. The molecule has 0 aliphatic carbocycles. The Morgan fingerprint density at radius 1 is 0.375 bits per heavy atom. The number of hydrogen-bond acceptors (Lipinski definition) is 12. The predicted octanol–water partition coefficient (Wildman–Crippen LogP) is 0.108. The molecule has 0 atom stereocenters. The molecule has 1 aliphatic rings. The van der Waals surface area contributed by atoms with E-state index in [0.717, 1.165) is 102 Å². The van der Waals surface area contributed by atoms with Crippen molar-refractivity contribution in [3.63, 3.8) is 0 Å². The third kappa shape index (κ3) is 16.9. The van der Waals surface area contributed by atoms with E-state index in [1.807, 2.05) is 0 Å². The second-order valence-electron chi connectivity index (χ2n) is 11.5. The number of rotatable bonds is 24. The lowest BCUT2D eigenvalue weighted by Crippen LogP contribution is -2.67. The molecule has 1 aliphatic heterocycles. The molecule has 0 spiro atoms. The van der Waals surface area contributed by atoms with Gasteiger partial charge in [0.15, 0.2) is 0 Å². The number of hydrogen-bond donors (Lipinski definition) is 8.